The number of nitrogens with one attached hydrogen (secondary N) is 1. The molecule has 3 N–H and O–H groups in total. The first-order valence-corrected chi connectivity index (χ1v) is 4.48. The highest BCUT2D eigenvalue weighted by Crippen LogP contribution is 2.22. The maximum atomic E-state index is 5.95. The maximum absolute atomic E-state index is 5.95. The predicted molar refractivity (Wildman–Crippen MR) is 43.4 cm³/mol. The molecule has 2 rings (SSSR count). The fourth-order valence-electron chi connectivity index (χ4n) is 2.10. The zero-order chi connectivity index (χ0) is 7.68. The minimum absolute atomic E-state index is 0.314. The molecule has 2 aliphatic rings. The van der Waals surface area contributed by atoms with E-state index < -0.39 is 0 Å². The summed E-state index contributed by atoms with van der Waals surface area (Å²) < 4.78 is 5.61. The van der Waals surface area contributed by atoms with E-state index in [1.165, 1.54) is 12.8 Å². The largest absolute Gasteiger partial charge is 0.375 e. The smallest absolute Gasteiger partial charge is 0.0743 e. The minimum Gasteiger partial charge on any atom is -0.375 e. The van der Waals surface area contributed by atoms with Crippen LogP contribution >= 0.6 is 0 Å². The molecule has 64 valence electrons. The second-order valence-corrected chi connectivity index (χ2v) is 3.48. The Balaban J connectivity index is 1.99. The zero-order valence-corrected chi connectivity index (χ0v) is 6.75. The van der Waals surface area contributed by atoms with E-state index in [2.05, 4.69) is 5.32 Å². The molecule has 1 heterocycles. The van der Waals surface area contributed by atoms with Crippen LogP contribution in [0.1, 0.15) is 19.3 Å². The van der Waals surface area contributed by atoms with E-state index >= 15 is 0 Å². The molecule has 1 aliphatic heterocycles. The van der Waals surface area contributed by atoms with Crippen LogP contribution in [0.5, 0.6) is 0 Å². The van der Waals surface area contributed by atoms with Crippen molar-refractivity contribution in [2.75, 3.05) is 13.2 Å². The van der Waals surface area contributed by atoms with Gasteiger partial charge in [0, 0.05) is 18.6 Å². The highest BCUT2D eigenvalue weighted by Gasteiger charge is 2.33. The van der Waals surface area contributed by atoms with Gasteiger partial charge in [0.2, 0.25) is 0 Å². The van der Waals surface area contributed by atoms with Gasteiger partial charge in [0.05, 0.1) is 12.7 Å². The third-order valence-electron chi connectivity index (χ3n) is 2.70. The Bertz CT molecular complexity index is 138. The standard InChI is InChI=1S/C8H16N2O/c9-6-2-1-3-7-8(6)10-4-5-11-7/h6-8,10H,1-5,9H2. The second kappa shape index (κ2) is 3.09. The Hall–Kier alpha value is -0.120. The lowest BCUT2D eigenvalue weighted by Gasteiger charge is -2.40. The second-order valence-electron chi connectivity index (χ2n) is 3.48. The van der Waals surface area contributed by atoms with Crippen LogP contribution in [0.15, 0.2) is 0 Å². The molecule has 3 unspecified atom stereocenters. The van der Waals surface area contributed by atoms with Crippen molar-refractivity contribution in [1.82, 2.24) is 5.32 Å². The monoisotopic (exact) mass is 156 g/mol. The molecule has 1 saturated carbocycles. The van der Waals surface area contributed by atoms with Crippen LogP contribution in [0.25, 0.3) is 0 Å². The van der Waals surface area contributed by atoms with E-state index in [1.807, 2.05) is 0 Å². The van der Waals surface area contributed by atoms with Crippen molar-refractivity contribution >= 4 is 0 Å². The predicted octanol–water partition coefficient (Wildman–Crippen LogP) is -0.145. The van der Waals surface area contributed by atoms with Crippen LogP contribution in [-0.2, 0) is 4.74 Å². The Labute approximate surface area is 67.3 Å². The molecule has 0 amide bonds. The van der Waals surface area contributed by atoms with E-state index in [-0.39, 0.29) is 0 Å². The molecule has 3 heteroatoms. The average molecular weight is 156 g/mol. The number of ether oxygens (including phenoxy) is 1. The molecular formula is C8H16N2O. The SMILES string of the molecule is NC1CCCC2OCCNC12. The molecule has 1 saturated heterocycles. The Morgan fingerprint density at radius 1 is 1.36 bits per heavy atom. The van der Waals surface area contributed by atoms with E-state index in [4.69, 9.17) is 10.5 Å². The molecule has 0 aromatic rings. The van der Waals surface area contributed by atoms with Gasteiger partial charge in [0.25, 0.3) is 0 Å². The Morgan fingerprint density at radius 3 is 3.09 bits per heavy atom. The van der Waals surface area contributed by atoms with Crippen molar-refractivity contribution in [3.05, 3.63) is 0 Å². The maximum Gasteiger partial charge on any atom is 0.0743 e. The highest BCUT2D eigenvalue weighted by atomic mass is 16.5. The quantitative estimate of drug-likeness (QED) is 0.513. The van der Waals surface area contributed by atoms with Crippen LogP contribution in [0.4, 0.5) is 0 Å². The van der Waals surface area contributed by atoms with Crippen LogP contribution in [0.3, 0.4) is 0 Å². The number of rotatable bonds is 0. The Kier molecular flexibility index (Phi) is 2.11. The normalized spacial score (nSPS) is 45.0. The third-order valence-corrected chi connectivity index (χ3v) is 2.70. The molecule has 3 atom stereocenters. The van der Waals surface area contributed by atoms with Gasteiger partial charge in [0.1, 0.15) is 0 Å². The first kappa shape index (κ1) is 7.53. The average Bonchev–Trinajstić information content (AvgIpc) is 2.06. The first-order chi connectivity index (χ1) is 5.38. The number of nitrogens with two attached hydrogens (primary N) is 1. The summed E-state index contributed by atoms with van der Waals surface area (Å²) in [7, 11) is 0. The number of morpholine rings is 1. The highest BCUT2D eigenvalue weighted by molar-refractivity contribution is 4.92. The van der Waals surface area contributed by atoms with Crippen molar-refractivity contribution < 1.29 is 4.74 Å². The van der Waals surface area contributed by atoms with Crippen LogP contribution in [-0.4, -0.2) is 31.3 Å². The van der Waals surface area contributed by atoms with Crippen molar-refractivity contribution in [3.63, 3.8) is 0 Å². The van der Waals surface area contributed by atoms with E-state index in [1.54, 1.807) is 0 Å². The third kappa shape index (κ3) is 1.41. The molecule has 3 nitrogen and oxygen atoms in total. The summed E-state index contributed by atoms with van der Waals surface area (Å²) in [6, 6.07) is 0.742. The Morgan fingerprint density at radius 2 is 2.27 bits per heavy atom. The van der Waals surface area contributed by atoms with Gasteiger partial charge in [-0.2, -0.15) is 0 Å². The van der Waals surface area contributed by atoms with Gasteiger partial charge in [-0.25, -0.2) is 0 Å². The van der Waals surface area contributed by atoms with Crippen molar-refractivity contribution in [2.24, 2.45) is 5.73 Å². The summed E-state index contributed by atoms with van der Waals surface area (Å²) in [6.07, 6.45) is 3.96. The molecule has 0 aromatic heterocycles. The summed E-state index contributed by atoms with van der Waals surface area (Å²) in [6.45, 7) is 1.82. The fraction of sp³-hybridized carbons (Fsp3) is 1.00. The number of hydrogen-bond acceptors (Lipinski definition) is 3. The van der Waals surface area contributed by atoms with Gasteiger partial charge in [-0.3, -0.25) is 0 Å². The molecule has 11 heavy (non-hydrogen) atoms. The molecule has 0 radical (unpaired) electrons. The molecule has 1 aliphatic carbocycles. The first-order valence-electron chi connectivity index (χ1n) is 4.48. The van der Waals surface area contributed by atoms with Gasteiger partial charge in [-0.1, -0.05) is 0 Å². The lowest BCUT2D eigenvalue weighted by Crippen LogP contribution is -2.59. The molecular weight excluding hydrogens is 140 g/mol. The van der Waals surface area contributed by atoms with Gasteiger partial charge < -0.3 is 15.8 Å². The summed E-state index contributed by atoms with van der Waals surface area (Å²) in [5.74, 6) is 0. The summed E-state index contributed by atoms with van der Waals surface area (Å²) in [4.78, 5) is 0. The van der Waals surface area contributed by atoms with Crippen LogP contribution in [0, 0.1) is 0 Å². The summed E-state index contributed by atoms with van der Waals surface area (Å²) in [5.41, 5.74) is 5.95. The van der Waals surface area contributed by atoms with Crippen LogP contribution in [0.2, 0.25) is 0 Å². The van der Waals surface area contributed by atoms with Crippen molar-refractivity contribution in [3.8, 4) is 0 Å². The lowest BCUT2D eigenvalue weighted by molar-refractivity contribution is -0.0297. The minimum atomic E-state index is 0.314. The summed E-state index contributed by atoms with van der Waals surface area (Å²) >= 11 is 0. The van der Waals surface area contributed by atoms with Gasteiger partial charge in [-0.05, 0) is 19.3 Å². The van der Waals surface area contributed by atoms with Crippen molar-refractivity contribution in [1.29, 1.82) is 0 Å². The number of fused-ring (bicyclic) bond motifs is 1. The topological polar surface area (TPSA) is 47.3 Å². The molecule has 2 fully saturated rings. The zero-order valence-electron chi connectivity index (χ0n) is 6.75. The molecule has 0 spiro atoms. The number of hydrogen-bond donors (Lipinski definition) is 2. The summed E-state index contributed by atoms with van der Waals surface area (Å²) in [5, 5.41) is 3.42. The fourth-order valence-corrected chi connectivity index (χ4v) is 2.10. The van der Waals surface area contributed by atoms with Crippen LogP contribution < -0.4 is 11.1 Å². The van der Waals surface area contributed by atoms with E-state index in [9.17, 15) is 0 Å². The van der Waals surface area contributed by atoms with Gasteiger partial charge in [-0.15, -0.1) is 0 Å². The van der Waals surface area contributed by atoms with Gasteiger partial charge in [0.15, 0.2) is 0 Å². The van der Waals surface area contributed by atoms with E-state index in [0.717, 1.165) is 19.6 Å². The van der Waals surface area contributed by atoms with Crippen molar-refractivity contribution in [2.45, 2.75) is 37.5 Å². The molecule has 0 aromatic carbocycles. The lowest BCUT2D eigenvalue weighted by atomic mass is 9.87. The molecule has 0 bridgehead atoms. The van der Waals surface area contributed by atoms with Gasteiger partial charge >= 0.3 is 0 Å². The van der Waals surface area contributed by atoms with E-state index in [0.29, 0.717) is 18.2 Å².